The molecule has 5 nitrogen and oxygen atoms in total. The molecule has 0 aliphatic heterocycles. The minimum Gasteiger partial charge on any atom is -0.326 e. The second-order valence-electron chi connectivity index (χ2n) is 6.73. The van der Waals surface area contributed by atoms with E-state index in [1.54, 1.807) is 30.3 Å². The second kappa shape index (κ2) is 7.90. The van der Waals surface area contributed by atoms with Gasteiger partial charge in [-0.1, -0.05) is 17.7 Å². The molecule has 144 valence electrons. The van der Waals surface area contributed by atoms with E-state index in [1.807, 2.05) is 39.0 Å². The summed E-state index contributed by atoms with van der Waals surface area (Å²) in [4.78, 5) is 24.3. The number of hydrogen-bond donors (Lipinski definition) is 2. The molecule has 2 amide bonds. The van der Waals surface area contributed by atoms with Crippen molar-refractivity contribution in [3.63, 3.8) is 0 Å². The topological polar surface area (TPSA) is 63.1 Å². The summed E-state index contributed by atoms with van der Waals surface area (Å²) in [6, 6.07) is 14.8. The number of benzene rings is 2. The quantitative estimate of drug-likeness (QED) is 0.632. The van der Waals surface area contributed by atoms with Crippen LogP contribution in [0.5, 0.6) is 0 Å². The Morgan fingerprint density at radius 2 is 1.50 bits per heavy atom. The van der Waals surface area contributed by atoms with Gasteiger partial charge in [0.05, 0.1) is 10.6 Å². The van der Waals surface area contributed by atoms with E-state index in [9.17, 15) is 9.59 Å². The van der Waals surface area contributed by atoms with Crippen molar-refractivity contribution in [2.75, 3.05) is 10.6 Å². The van der Waals surface area contributed by atoms with Crippen LogP contribution in [0.15, 0.2) is 48.5 Å². The van der Waals surface area contributed by atoms with Gasteiger partial charge in [-0.15, -0.1) is 0 Å². The van der Waals surface area contributed by atoms with Gasteiger partial charge in [0, 0.05) is 35.4 Å². The average molecular weight is 396 g/mol. The van der Waals surface area contributed by atoms with E-state index in [-0.39, 0.29) is 11.8 Å². The van der Waals surface area contributed by atoms with Crippen LogP contribution in [0.3, 0.4) is 0 Å². The van der Waals surface area contributed by atoms with Gasteiger partial charge in [0.1, 0.15) is 0 Å². The minimum absolute atomic E-state index is 0.167. The summed E-state index contributed by atoms with van der Waals surface area (Å²) >= 11 is 6.31. The summed E-state index contributed by atoms with van der Waals surface area (Å²) in [5, 5.41) is 6.03. The Morgan fingerprint density at radius 1 is 0.893 bits per heavy atom. The Morgan fingerprint density at radius 3 is 2.11 bits per heavy atom. The maximum absolute atomic E-state index is 12.9. The molecular weight excluding hydrogens is 374 g/mol. The maximum Gasteiger partial charge on any atom is 0.257 e. The predicted molar refractivity (Wildman–Crippen MR) is 114 cm³/mol. The summed E-state index contributed by atoms with van der Waals surface area (Å²) in [7, 11) is 0. The van der Waals surface area contributed by atoms with E-state index in [4.69, 9.17) is 11.6 Å². The molecule has 2 N–H and O–H groups in total. The van der Waals surface area contributed by atoms with Gasteiger partial charge < -0.3 is 15.2 Å². The van der Waals surface area contributed by atoms with Crippen LogP contribution in [0.1, 0.15) is 34.2 Å². The zero-order chi connectivity index (χ0) is 20.4. The third-order valence-corrected chi connectivity index (χ3v) is 4.95. The van der Waals surface area contributed by atoms with Crippen molar-refractivity contribution in [1.29, 1.82) is 0 Å². The lowest BCUT2D eigenvalue weighted by molar-refractivity contribution is -0.114. The lowest BCUT2D eigenvalue weighted by Crippen LogP contribution is -2.15. The predicted octanol–water partition coefficient (Wildman–Crippen LogP) is 5.27. The summed E-state index contributed by atoms with van der Waals surface area (Å²) in [6.07, 6.45) is 0. The first-order valence-corrected chi connectivity index (χ1v) is 9.29. The molecule has 0 aliphatic carbocycles. The zero-order valence-electron chi connectivity index (χ0n) is 16.3. The molecule has 0 bridgehead atoms. The van der Waals surface area contributed by atoms with Crippen molar-refractivity contribution < 1.29 is 9.59 Å². The lowest BCUT2D eigenvalue weighted by Gasteiger charge is -2.15. The Bertz CT molecular complexity index is 1050. The summed E-state index contributed by atoms with van der Waals surface area (Å²) in [6.45, 7) is 7.31. The largest absolute Gasteiger partial charge is 0.326 e. The third-order valence-electron chi connectivity index (χ3n) is 4.62. The lowest BCUT2D eigenvalue weighted by atomic mass is 10.1. The summed E-state index contributed by atoms with van der Waals surface area (Å²) in [5.41, 5.74) is 5.45. The second-order valence-corrected chi connectivity index (χ2v) is 7.14. The Hall–Kier alpha value is -3.05. The maximum atomic E-state index is 12.9. The Labute approximate surface area is 169 Å². The molecular formula is C22H22ClN3O2. The van der Waals surface area contributed by atoms with E-state index >= 15 is 0 Å². The van der Waals surface area contributed by atoms with Crippen LogP contribution in [0.2, 0.25) is 5.02 Å². The fraction of sp³-hybridized carbons (Fsp3) is 0.182. The number of carbonyl (C=O) groups is 2. The molecule has 0 spiro atoms. The number of rotatable bonds is 4. The number of carbonyl (C=O) groups excluding carboxylic acids is 2. The van der Waals surface area contributed by atoms with Crippen molar-refractivity contribution in [2.24, 2.45) is 0 Å². The first-order chi connectivity index (χ1) is 13.3. The molecule has 0 saturated heterocycles. The normalized spacial score (nSPS) is 10.6. The fourth-order valence-electron chi connectivity index (χ4n) is 3.19. The SMILES string of the molecule is CC(=O)Nc1cccc(NC(=O)c2cc(-n3c(C)ccc3C)ccc2Cl)c1C. The number of aromatic nitrogens is 1. The summed E-state index contributed by atoms with van der Waals surface area (Å²) in [5.74, 6) is -0.475. The van der Waals surface area contributed by atoms with Gasteiger partial charge in [0.2, 0.25) is 5.91 Å². The van der Waals surface area contributed by atoms with E-state index in [0.717, 1.165) is 22.6 Å². The number of nitrogens with zero attached hydrogens (tertiary/aromatic N) is 1. The molecule has 1 heterocycles. The van der Waals surface area contributed by atoms with E-state index in [0.29, 0.717) is 22.0 Å². The number of halogens is 1. The fourth-order valence-corrected chi connectivity index (χ4v) is 3.39. The van der Waals surface area contributed by atoms with Gasteiger partial charge in [-0.05, 0) is 68.8 Å². The minimum atomic E-state index is -0.308. The molecule has 28 heavy (non-hydrogen) atoms. The number of anilines is 2. The molecule has 0 unspecified atom stereocenters. The Balaban J connectivity index is 1.94. The van der Waals surface area contributed by atoms with Gasteiger partial charge in [-0.2, -0.15) is 0 Å². The van der Waals surface area contributed by atoms with Crippen molar-refractivity contribution in [3.05, 3.63) is 76.1 Å². The molecule has 3 aromatic rings. The smallest absolute Gasteiger partial charge is 0.257 e. The highest BCUT2D eigenvalue weighted by Gasteiger charge is 2.15. The Kier molecular flexibility index (Phi) is 5.56. The van der Waals surface area contributed by atoms with Gasteiger partial charge >= 0.3 is 0 Å². The molecule has 0 saturated carbocycles. The zero-order valence-corrected chi connectivity index (χ0v) is 17.0. The number of nitrogens with one attached hydrogen (secondary N) is 2. The standard InChI is InChI=1S/C22H22ClN3O2/c1-13-8-9-14(2)26(13)17-10-11-19(23)18(12-17)22(28)25-21-7-5-6-20(15(21)3)24-16(4)27/h5-12H,1-4H3,(H,24,27)(H,25,28). The van der Waals surface area contributed by atoms with E-state index < -0.39 is 0 Å². The van der Waals surface area contributed by atoms with Gasteiger partial charge in [-0.25, -0.2) is 0 Å². The van der Waals surface area contributed by atoms with Crippen LogP contribution in [0, 0.1) is 20.8 Å². The highest BCUT2D eigenvalue weighted by Crippen LogP contribution is 2.27. The third kappa shape index (κ3) is 3.94. The van der Waals surface area contributed by atoms with Crippen LogP contribution >= 0.6 is 11.6 Å². The first-order valence-electron chi connectivity index (χ1n) is 8.91. The van der Waals surface area contributed by atoms with Crippen LogP contribution < -0.4 is 10.6 Å². The van der Waals surface area contributed by atoms with Crippen LogP contribution in [-0.2, 0) is 4.79 Å². The van der Waals surface area contributed by atoms with E-state index in [2.05, 4.69) is 15.2 Å². The monoisotopic (exact) mass is 395 g/mol. The van der Waals surface area contributed by atoms with Gasteiger partial charge in [0.15, 0.2) is 0 Å². The van der Waals surface area contributed by atoms with Crippen molar-refractivity contribution >= 4 is 34.8 Å². The number of hydrogen-bond acceptors (Lipinski definition) is 2. The highest BCUT2D eigenvalue weighted by molar-refractivity contribution is 6.34. The van der Waals surface area contributed by atoms with Crippen LogP contribution in [0.25, 0.3) is 5.69 Å². The summed E-state index contributed by atoms with van der Waals surface area (Å²) < 4.78 is 2.07. The number of aryl methyl sites for hydroxylation is 2. The van der Waals surface area contributed by atoms with Crippen molar-refractivity contribution in [2.45, 2.75) is 27.7 Å². The van der Waals surface area contributed by atoms with E-state index in [1.165, 1.54) is 6.92 Å². The van der Waals surface area contributed by atoms with Crippen LogP contribution in [0.4, 0.5) is 11.4 Å². The molecule has 0 fully saturated rings. The van der Waals surface area contributed by atoms with Crippen molar-refractivity contribution in [3.8, 4) is 5.69 Å². The highest BCUT2D eigenvalue weighted by atomic mass is 35.5. The molecule has 6 heteroatoms. The molecule has 0 radical (unpaired) electrons. The van der Waals surface area contributed by atoms with Gasteiger partial charge in [-0.3, -0.25) is 9.59 Å². The molecule has 3 rings (SSSR count). The molecule has 0 atom stereocenters. The van der Waals surface area contributed by atoms with Gasteiger partial charge in [0.25, 0.3) is 5.91 Å². The molecule has 2 aromatic carbocycles. The molecule has 1 aromatic heterocycles. The number of amides is 2. The van der Waals surface area contributed by atoms with Crippen LogP contribution in [-0.4, -0.2) is 16.4 Å². The average Bonchev–Trinajstić information content (AvgIpc) is 2.97. The van der Waals surface area contributed by atoms with Crippen molar-refractivity contribution in [1.82, 2.24) is 4.57 Å². The molecule has 0 aliphatic rings. The first kappa shape index (κ1) is 19.7.